The van der Waals surface area contributed by atoms with Crippen LogP contribution in [0.3, 0.4) is 0 Å². The zero-order valence-electron chi connectivity index (χ0n) is 8.29. The molecule has 0 saturated carbocycles. The number of nitrogens with one attached hydrogen (secondary N) is 1. The molecule has 1 N–H and O–H groups in total. The predicted molar refractivity (Wildman–Crippen MR) is 57.1 cm³/mol. The number of aryl methyl sites for hydroxylation is 1. The van der Waals surface area contributed by atoms with E-state index in [2.05, 4.69) is 35.9 Å². The molecule has 0 fully saturated rings. The molecule has 0 aliphatic rings. The van der Waals surface area contributed by atoms with Crippen molar-refractivity contribution in [3.8, 4) is 0 Å². The minimum Gasteiger partial charge on any atom is -0.359 e. The average molecular weight is 197 g/mol. The Bertz CT molecular complexity index is 291. The Kier molecular flexibility index (Phi) is 3.03. The number of nitrogens with zero attached hydrogens (tertiary/aromatic N) is 2. The summed E-state index contributed by atoms with van der Waals surface area (Å²) in [5.41, 5.74) is 0.0968. The maximum absolute atomic E-state index is 3.98. The number of hydrogen-bond acceptors (Lipinski definition) is 4. The van der Waals surface area contributed by atoms with Crippen LogP contribution < -0.4 is 5.32 Å². The molecule has 0 atom stereocenters. The van der Waals surface area contributed by atoms with Gasteiger partial charge in [-0.2, -0.15) is 0 Å². The Hall–Kier alpha value is -0.900. The highest BCUT2D eigenvalue weighted by Crippen LogP contribution is 2.19. The van der Waals surface area contributed by atoms with E-state index in [-0.39, 0.29) is 5.41 Å². The van der Waals surface area contributed by atoms with E-state index in [9.17, 15) is 0 Å². The second-order valence-electron chi connectivity index (χ2n) is 3.67. The molecular formula is C9H15N3S. The summed E-state index contributed by atoms with van der Waals surface area (Å²) >= 11 is 1.57. The Morgan fingerprint density at radius 1 is 1.54 bits per heavy atom. The second kappa shape index (κ2) is 3.87. The van der Waals surface area contributed by atoms with Gasteiger partial charge in [0.25, 0.3) is 0 Å². The molecule has 4 heteroatoms. The van der Waals surface area contributed by atoms with Crippen LogP contribution in [-0.4, -0.2) is 16.7 Å². The third-order valence-corrected chi connectivity index (χ3v) is 2.57. The van der Waals surface area contributed by atoms with Crippen LogP contribution >= 0.6 is 11.3 Å². The van der Waals surface area contributed by atoms with Gasteiger partial charge < -0.3 is 5.32 Å². The molecule has 1 aromatic heterocycles. The molecule has 0 amide bonds. The first-order valence-corrected chi connectivity index (χ1v) is 5.03. The molecule has 3 nitrogen and oxygen atoms in total. The van der Waals surface area contributed by atoms with Gasteiger partial charge in [0.1, 0.15) is 5.01 Å². The normalized spacial score (nSPS) is 11.3. The number of anilines is 1. The van der Waals surface area contributed by atoms with Gasteiger partial charge in [0.2, 0.25) is 5.13 Å². The van der Waals surface area contributed by atoms with E-state index in [1.807, 2.05) is 13.0 Å². The molecule has 1 heterocycles. The molecule has 0 radical (unpaired) electrons. The van der Waals surface area contributed by atoms with Crippen molar-refractivity contribution in [2.45, 2.75) is 20.8 Å². The van der Waals surface area contributed by atoms with Crippen LogP contribution in [0.2, 0.25) is 0 Å². The fourth-order valence-electron chi connectivity index (χ4n) is 0.744. The highest BCUT2D eigenvalue weighted by Gasteiger charge is 2.12. The van der Waals surface area contributed by atoms with Crippen LogP contribution in [0.1, 0.15) is 18.9 Å². The Morgan fingerprint density at radius 3 is 2.69 bits per heavy atom. The van der Waals surface area contributed by atoms with E-state index in [1.54, 1.807) is 11.3 Å². The maximum Gasteiger partial charge on any atom is 0.205 e. The maximum atomic E-state index is 3.98. The standard InChI is InChI=1S/C9H15N3S/c1-5-9(3,4)6-10-8-12-11-7(2)13-8/h5H,1,6H2,2-4H3,(H,10,12). The molecule has 72 valence electrons. The van der Waals surface area contributed by atoms with Crippen LogP contribution in [0, 0.1) is 12.3 Å². The topological polar surface area (TPSA) is 37.8 Å². The van der Waals surface area contributed by atoms with Crippen molar-refractivity contribution in [2.75, 3.05) is 11.9 Å². The number of hydrogen-bond donors (Lipinski definition) is 1. The zero-order valence-corrected chi connectivity index (χ0v) is 9.11. The van der Waals surface area contributed by atoms with Gasteiger partial charge in [-0.15, -0.1) is 16.8 Å². The van der Waals surface area contributed by atoms with Crippen molar-refractivity contribution in [3.63, 3.8) is 0 Å². The van der Waals surface area contributed by atoms with E-state index < -0.39 is 0 Å². The number of aromatic nitrogens is 2. The summed E-state index contributed by atoms with van der Waals surface area (Å²) in [5.74, 6) is 0. The van der Waals surface area contributed by atoms with Gasteiger partial charge in [-0.25, -0.2) is 0 Å². The third-order valence-electron chi connectivity index (χ3n) is 1.77. The average Bonchev–Trinajstić information content (AvgIpc) is 2.48. The first kappa shape index (κ1) is 10.2. The van der Waals surface area contributed by atoms with Crippen LogP contribution in [0.4, 0.5) is 5.13 Å². The molecule has 1 aromatic rings. The van der Waals surface area contributed by atoms with Crippen molar-refractivity contribution < 1.29 is 0 Å². The van der Waals surface area contributed by atoms with Crippen LogP contribution in [0.5, 0.6) is 0 Å². The lowest BCUT2D eigenvalue weighted by atomic mass is 9.94. The molecule has 0 saturated heterocycles. The molecule has 1 rings (SSSR count). The molecule has 0 aliphatic carbocycles. The molecule has 0 spiro atoms. The van der Waals surface area contributed by atoms with Gasteiger partial charge in [0.15, 0.2) is 0 Å². The summed E-state index contributed by atoms with van der Waals surface area (Å²) in [6, 6.07) is 0. The molecule has 0 unspecified atom stereocenters. The second-order valence-corrected chi connectivity index (χ2v) is 4.85. The summed E-state index contributed by atoms with van der Waals surface area (Å²) in [7, 11) is 0. The fourth-order valence-corrected chi connectivity index (χ4v) is 1.33. The fraction of sp³-hybridized carbons (Fsp3) is 0.556. The van der Waals surface area contributed by atoms with Crippen molar-refractivity contribution in [1.29, 1.82) is 0 Å². The summed E-state index contributed by atoms with van der Waals surface area (Å²) < 4.78 is 0. The van der Waals surface area contributed by atoms with Gasteiger partial charge in [0.05, 0.1) is 0 Å². The van der Waals surface area contributed by atoms with Gasteiger partial charge in [0, 0.05) is 6.54 Å². The van der Waals surface area contributed by atoms with Gasteiger partial charge in [-0.3, -0.25) is 0 Å². The van der Waals surface area contributed by atoms with Gasteiger partial charge in [-0.1, -0.05) is 31.3 Å². The molecule has 0 aromatic carbocycles. The van der Waals surface area contributed by atoms with E-state index >= 15 is 0 Å². The predicted octanol–water partition coefficient (Wildman–Crippen LogP) is 2.47. The first-order chi connectivity index (χ1) is 6.03. The van der Waals surface area contributed by atoms with Crippen molar-refractivity contribution in [3.05, 3.63) is 17.7 Å². The number of rotatable bonds is 4. The molecule has 0 bridgehead atoms. The third kappa shape index (κ3) is 3.14. The Balaban J connectivity index is 2.48. The minimum atomic E-state index is 0.0968. The van der Waals surface area contributed by atoms with Gasteiger partial charge >= 0.3 is 0 Å². The van der Waals surface area contributed by atoms with Crippen LogP contribution in [-0.2, 0) is 0 Å². The lowest BCUT2D eigenvalue weighted by molar-refractivity contribution is 0.513. The SMILES string of the molecule is C=CC(C)(C)CNc1nnc(C)s1. The van der Waals surface area contributed by atoms with E-state index in [1.165, 1.54) is 0 Å². The quantitative estimate of drug-likeness (QED) is 0.753. The molecule has 13 heavy (non-hydrogen) atoms. The van der Waals surface area contributed by atoms with Crippen LogP contribution in [0.25, 0.3) is 0 Å². The Morgan fingerprint density at radius 2 is 2.23 bits per heavy atom. The molecular weight excluding hydrogens is 182 g/mol. The Labute approximate surface area is 82.9 Å². The summed E-state index contributed by atoms with van der Waals surface area (Å²) in [6.07, 6.45) is 1.94. The highest BCUT2D eigenvalue weighted by molar-refractivity contribution is 7.15. The van der Waals surface area contributed by atoms with Crippen molar-refractivity contribution >= 4 is 16.5 Å². The minimum absolute atomic E-state index is 0.0968. The monoisotopic (exact) mass is 197 g/mol. The van der Waals surface area contributed by atoms with Crippen molar-refractivity contribution in [2.24, 2.45) is 5.41 Å². The lowest BCUT2D eigenvalue weighted by Gasteiger charge is -2.19. The summed E-state index contributed by atoms with van der Waals surface area (Å²) in [4.78, 5) is 0. The van der Waals surface area contributed by atoms with E-state index in [4.69, 9.17) is 0 Å². The largest absolute Gasteiger partial charge is 0.359 e. The van der Waals surface area contributed by atoms with Crippen molar-refractivity contribution in [1.82, 2.24) is 10.2 Å². The van der Waals surface area contributed by atoms with E-state index in [0.717, 1.165) is 16.7 Å². The highest BCUT2D eigenvalue weighted by atomic mass is 32.1. The summed E-state index contributed by atoms with van der Waals surface area (Å²) in [6.45, 7) is 10.8. The molecule has 0 aliphatic heterocycles. The summed E-state index contributed by atoms with van der Waals surface area (Å²) in [5, 5.41) is 13.0. The van der Waals surface area contributed by atoms with Gasteiger partial charge in [-0.05, 0) is 12.3 Å². The van der Waals surface area contributed by atoms with Crippen LogP contribution in [0.15, 0.2) is 12.7 Å². The van der Waals surface area contributed by atoms with E-state index in [0.29, 0.717) is 0 Å². The smallest absolute Gasteiger partial charge is 0.205 e. The lowest BCUT2D eigenvalue weighted by Crippen LogP contribution is -2.20. The first-order valence-electron chi connectivity index (χ1n) is 4.21. The zero-order chi connectivity index (χ0) is 9.90.